The summed E-state index contributed by atoms with van der Waals surface area (Å²) in [5.41, 5.74) is 0. The van der Waals surface area contributed by atoms with Crippen molar-refractivity contribution < 1.29 is 9.63 Å². The lowest BCUT2D eigenvalue weighted by molar-refractivity contribution is -0.144. The third kappa shape index (κ3) is 4.27. The van der Waals surface area contributed by atoms with Gasteiger partial charge in [0.15, 0.2) is 0 Å². The molecule has 1 rings (SSSR count). The average molecular weight is 185 g/mol. The summed E-state index contributed by atoms with van der Waals surface area (Å²) in [6.45, 7) is 0. The fourth-order valence-corrected chi connectivity index (χ4v) is 2.07. The van der Waals surface area contributed by atoms with Gasteiger partial charge in [0.2, 0.25) is 0 Å². The number of nitrogens with two attached hydrogens (primary N) is 1. The van der Waals surface area contributed by atoms with Crippen molar-refractivity contribution in [2.75, 3.05) is 0 Å². The molecular weight excluding hydrogens is 166 g/mol. The van der Waals surface area contributed by atoms with E-state index in [0.29, 0.717) is 6.42 Å². The number of carbonyl (C=O) groups is 1. The van der Waals surface area contributed by atoms with E-state index < -0.39 is 0 Å². The molecule has 2 N–H and O–H groups in total. The molecule has 0 aromatic heterocycles. The second-order valence-electron chi connectivity index (χ2n) is 3.89. The van der Waals surface area contributed by atoms with E-state index in [2.05, 4.69) is 4.84 Å². The molecule has 0 bridgehead atoms. The number of hydrogen-bond acceptors (Lipinski definition) is 3. The van der Waals surface area contributed by atoms with E-state index in [1.54, 1.807) is 0 Å². The zero-order valence-electron chi connectivity index (χ0n) is 8.13. The van der Waals surface area contributed by atoms with Gasteiger partial charge in [0.1, 0.15) is 0 Å². The highest BCUT2D eigenvalue weighted by molar-refractivity contribution is 5.68. The van der Waals surface area contributed by atoms with Gasteiger partial charge in [-0.05, 0) is 18.8 Å². The molecule has 1 aliphatic carbocycles. The first kappa shape index (κ1) is 10.5. The summed E-state index contributed by atoms with van der Waals surface area (Å²) in [5.74, 6) is 5.31. The normalized spacial score (nSPS) is 18.5. The quantitative estimate of drug-likeness (QED) is 0.683. The van der Waals surface area contributed by atoms with Gasteiger partial charge in [0.05, 0.1) is 0 Å². The van der Waals surface area contributed by atoms with Crippen molar-refractivity contribution in [2.45, 2.75) is 51.4 Å². The molecule has 1 aliphatic rings. The van der Waals surface area contributed by atoms with Crippen LogP contribution in [0, 0.1) is 5.92 Å². The van der Waals surface area contributed by atoms with E-state index in [4.69, 9.17) is 5.90 Å². The van der Waals surface area contributed by atoms with E-state index in [1.165, 1.54) is 32.1 Å². The van der Waals surface area contributed by atoms with Gasteiger partial charge in [-0.15, -0.1) is 0 Å². The number of hydrogen-bond donors (Lipinski definition) is 1. The number of carbonyl (C=O) groups excluding carboxylic acids is 1. The molecule has 0 heterocycles. The van der Waals surface area contributed by atoms with Crippen LogP contribution < -0.4 is 5.90 Å². The second-order valence-corrected chi connectivity index (χ2v) is 3.89. The fraction of sp³-hybridized carbons (Fsp3) is 0.900. The fourth-order valence-electron chi connectivity index (χ4n) is 2.07. The molecule has 0 aromatic carbocycles. The molecule has 1 fully saturated rings. The van der Waals surface area contributed by atoms with Crippen LogP contribution in [-0.4, -0.2) is 5.97 Å². The lowest BCUT2D eigenvalue weighted by atomic mass is 9.86. The van der Waals surface area contributed by atoms with Crippen molar-refractivity contribution in [3.05, 3.63) is 0 Å². The molecule has 0 atom stereocenters. The van der Waals surface area contributed by atoms with Crippen molar-refractivity contribution in [3.63, 3.8) is 0 Å². The maximum atomic E-state index is 10.7. The monoisotopic (exact) mass is 185 g/mol. The molecule has 0 spiro atoms. The van der Waals surface area contributed by atoms with Gasteiger partial charge < -0.3 is 4.84 Å². The van der Waals surface area contributed by atoms with Gasteiger partial charge in [0, 0.05) is 6.42 Å². The molecule has 0 saturated heterocycles. The van der Waals surface area contributed by atoms with Crippen LogP contribution in [0.2, 0.25) is 0 Å². The van der Waals surface area contributed by atoms with Gasteiger partial charge in [-0.3, -0.25) is 4.79 Å². The van der Waals surface area contributed by atoms with Gasteiger partial charge in [-0.2, -0.15) is 5.90 Å². The Morgan fingerprint density at radius 2 is 2.00 bits per heavy atom. The Hall–Kier alpha value is -0.570. The van der Waals surface area contributed by atoms with Crippen molar-refractivity contribution in [1.82, 2.24) is 0 Å². The van der Waals surface area contributed by atoms with Crippen LogP contribution in [-0.2, 0) is 9.63 Å². The first-order valence-electron chi connectivity index (χ1n) is 5.22. The van der Waals surface area contributed by atoms with Crippen LogP contribution in [0.1, 0.15) is 51.4 Å². The summed E-state index contributed by atoms with van der Waals surface area (Å²) in [4.78, 5) is 14.8. The van der Waals surface area contributed by atoms with Gasteiger partial charge >= 0.3 is 5.97 Å². The van der Waals surface area contributed by atoms with Crippen molar-refractivity contribution in [3.8, 4) is 0 Å². The van der Waals surface area contributed by atoms with Gasteiger partial charge in [-0.1, -0.05) is 32.1 Å². The minimum atomic E-state index is -0.282. The molecule has 0 unspecified atom stereocenters. The lowest BCUT2D eigenvalue weighted by Crippen LogP contribution is -2.11. The molecule has 13 heavy (non-hydrogen) atoms. The SMILES string of the molecule is NOC(=O)CCCC1CCCCC1. The van der Waals surface area contributed by atoms with Crippen LogP contribution >= 0.6 is 0 Å². The highest BCUT2D eigenvalue weighted by Gasteiger charge is 2.13. The zero-order chi connectivity index (χ0) is 9.52. The van der Waals surface area contributed by atoms with Crippen LogP contribution in [0.4, 0.5) is 0 Å². The topological polar surface area (TPSA) is 52.3 Å². The average Bonchev–Trinajstić information content (AvgIpc) is 2.19. The molecule has 0 aliphatic heterocycles. The molecule has 0 radical (unpaired) electrons. The molecule has 3 nitrogen and oxygen atoms in total. The van der Waals surface area contributed by atoms with Crippen LogP contribution in [0.15, 0.2) is 0 Å². The Bertz CT molecular complexity index is 153. The molecule has 76 valence electrons. The molecule has 3 heteroatoms. The van der Waals surface area contributed by atoms with Crippen molar-refractivity contribution >= 4 is 5.97 Å². The predicted molar refractivity (Wildman–Crippen MR) is 50.7 cm³/mol. The van der Waals surface area contributed by atoms with E-state index in [0.717, 1.165) is 18.8 Å². The third-order valence-corrected chi connectivity index (χ3v) is 2.85. The summed E-state index contributed by atoms with van der Waals surface area (Å²) < 4.78 is 0. The molecule has 0 aromatic rings. The third-order valence-electron chi connectivity index (χ3n) is 2.85. The maximum absolute atomic E-state index is 10.7. The molecular formula is C10H19NO2. The van der Waals surface area contributed by atoms with E-state index in [9.17, 15) is 4.79 Å². The Morgan fingerprint density at radius 3 is 2.62 bits per heavy atom. The minimum absolute atomic E-state index is 0.282. The molecule has 1 saturated carbocycles. The largest absolute Gasteiger partial charge is 0.373 e. The van der Waals surface area contributed by atoms with Crippen LogP contribution in [0.3, 0.4) is 0 Å². The van der Waals surface area contributed by atoms with Gasteiger partial charge in [-0.25, -0.2) is 0 Å². The summed E-state index contributed by atoms with van der Waals surface area (Å²) in [6, 6.07) is 0. The minimum Gasteiger partial charge on any atom is -0.373 e. The van der Waals surface area contributed by atoms with E-state index >= 15 is 0 Å². The highest BCUT2D eigenvalue weighted by atomic mass is 16.7. The van der Waals surface area contributed by atoms with E-state index in [-0.39, 0.29) is 5.97 Å². The molecule has 0 amide bonds. The Balaban J connectivity index is 2.01. The highest BCUT2D eigenvalue weighted by Crippen LogP contribution is 2.27. The van der Waals surface area contributed by atoms with Crippen molar-refractivity contribution in [1.29, 1.82) is 0 Å². The summed E-state index contributed by atoms with van der Waals surface area (Å²) in [6.07, 6.45) is 9.39. The zero-order valence-corrected chi connectivity index (χ0v) is 8.13. The first-order chi connectivity index (χ1) is 6.33. The summed E-state index contributed by atoms with van der Waals surface area (Å²) in [5, 5.41) is 0. The predicted octanol–water partition coefficient (Wildman–Crippen LogP) is 2.15. The van der Waals surface area contributed by atoms with Crippen LogP contribution in [0.5, 0.6) is 0 Å². The second kappa shape index (κ2) is 5.97. The van der Waals surface area contributed by atoms with Gasteiger partial charge in [0.25, 0.3) is 0 Å². The Kier molecular flexibility index (Phi) is 4.83. The smallest absolute Gasteiger partial charge is 0.324 e. The van der Waals surface area contributed by atoms with Crippen molar-refractivity contribution in [2.24, 2.45) is 11.8 Å². The Labute approximate surface area is 79.6 Å². The lowest BCUT2D eigenvalue weighted by Gasteiger charge is -2.20. The Morgan fingerprint density at radius 1 is 1.31 bits per heavy atom. The van der Waals surface area contributed by atoms with E-state index in [1.807, 2.05) is 0 Å². The number of rotatable bonds is 4. The first-order valence-corrected chi connectivity index (χ1v) is 5.22. The maximum Gasteiger partial charge on any atom is 0.324 e. The van der Waals surface area contributed by atoms with Crippen LogP contribution in [0.25, 0.3) is 0 Å². The summed E-state index contributed by atoms with van der Waals surface area (Å²) >= 11 is 0. The summed E-state index contributed by atoms with van der Waals surface area (Å²) in [7, 11) is 0. The standard InChI is InChI=1S/C10H19NO2/c11-13-10(12)8-4-7-9-5-2-1-3-6-9/h9H,1-8,11H2.